The number of halogens is 1. The average molecular weight is 284 g/mol. The topological polar surface area (TPSA) is 40.5 Å². The molecule has 86 valence electrons. The molecular weight excluding hydrogens is 270 g/mol. The molecule has 0 radical (unpaired) electrons. The zero-order chi connectivity index (χ0) is 11.5. The van der Waals surface area contributed by atoms with E-state index in [2.05, 4.69) is 15.9 Å². The lowest BCUT2D eigenvalue weighted by atomic mass is 10.1. The molecule has 1 fully saturated rings. The minimum atomic E-state index is 0.251. The van der Waals surface area contributed by atoms with Gasteiger partial charge in [0.1, 0.15) is 5.75 Å². The maximum Gasteiger partial charge on any atom is 0.222 e. The molecule has 1 N–H and O–H groups in total. The molecule has 0 saturated carbocycles. The number of amides is 1. The van der Waals surface area contributed by atoms with Crippen molar-refractivity contribution in [2.75, 3.05) is 13.1 Å². The van der Waals surface area contributed by atoms with E-state index in [9.17, 15) is 9.90 Å². The highest BCUT2D eigenvalue weighted by molar-refractivity contribution is 9.10. The second-order valence-corrected chi connectivity index (χ2v) is 4.87. The molecule has 0 atom stereocenters. The Labute approximate surface area is 103 Å². The highest BCUT2D eigenvalue weighted by Gasteiger charge is 2.19. The first-order chi connectivity index (χ1) is 7.66. The van der Waals surface area contributed by atoms with Gasteiger partial charge in [0.05, 0.1) is 4.47 Å². The molecule has 1 amide bonds. The minimum absolute atomic E-state index is 0.251. The molecule has 4 heteroatoms. The van der Waals surface area contributed by atoms with Crippen molar-refractivity contribution in [1.82, 2.24) is 4.90 Å². The van der Waals surface area contributed by atoms with Crippen LogP contribution in [-0.2, 0) is 11.2 Å². The van der Waals surface area contributed by atoms with Gasteiger partial charge >= 0.3 is 0 Å². The first-order valence-electron chi connectivity index (χ1n) is 5.42. The molecule has 0 aromatic heterocycles. The predicted molar refractivity (Wildman–Crippen MR) is 65.3 cm³/mol. The van der Waals surface area contributed by atoms with Gasteiger partial charge in [-0.3, -0.25) is 4.79 Å². The summed E-state index contributed by atoms with van der Waals surface area (Å²) in [5.41, 5.74) is 1.13. The SMILES string of the molecule is O=C1CCCN1CCc1ccc(O)c(Br)c1. The summed E-state index contributed by atoms with van der Waals surface area (Å²) in [6.07, 6.45) is 2.52. The van der Waals surface area contributed by atoms with E-state index in [1.165, 1.54) is 0 Å². The van der Waals surface area contributed by atoms with E-state index in [1.807, 2.05) is 17.0 Å². The molecule has 16 heavy (non-hydrogen) atoms. The van der Waals surface area contributed by atoms with Gasteiger partial charge in [0.2, 0.25) is 5.91 Å². The molecule has 1 aromatic rings. The molecule has 1 aliphatic heterocycles. The molecule has 2 rings (SSSR count). The summed E-state index contributed by atoms with van der Waals surface area (Å²) in [7, 11) is 0. The number of hydrogen-bond donors (Lipinski definition) is 1. The van der Waals surface area contributed by atoms with Gasteiger partial charge in [-0.1, -0.05) is 6.07 Å². The number of carbonyl (C=O) groups excluding carboxylic acids is 1. The van der Waals surface area contributed by atoms with Crippen molar-refractivity contribution < 1.29 is 9.90 Å². The fourth-order valence-corrected chi connectivity index (χ4v) is 2.34. The van der Waals surface area contributed by atoms with Crippen LogP contribution in [0.5, 0.6) is 5.75 Å². The molecule has 0 unspecified atom stereocenters. The summed E-state index contributed by atoms with van der Waals surface area (Å²) in [6, 6.07) is 5.46. The lowest BCUT2D eigenvalue weighted by molar-refractivity contribution is -0.127. The van der Waals surface area contributed by atoms with Gasteiger partial charge in [-0.25, -0.2) is 0 Å². The molecule has 1 aromatic carbocycles. The van der Waals surface area contributed by atoms with Crippen LogP contribution in [0.4, 0.5) is 0 Å². The highest BCUT2D eigenvalue weighted by atomic mass is 79.9. The number of likely N-dealkylation sites (tertiary alicyclic amines) is 1. The smallest absolute Gasteiger partial charge is 0.222 e. The second-order valence-electron chi connectivity index (χ2n) is 4.02. The fourth-order valence-electron chi connectivity index (χ4n) is 1.91. The Morgan fingerprint density at radius 3 is 2.88 bits per heavy atom. The van der Waals surface area contributed by atoms with Crippen molar-refractivity contribution in [3.05, 3.63) is 28.2 Å². The molecule has 1 saturated heterocycles. The van der Waals surface area contributed by atoms with Crippen molar-refractivity contribution in [2.24, 2.45) is 0 Å². The van der Waals surface area contributed by atoms with Crippen molar-refractivity contribution in [3.63, 3.8) is 0 Å². The average Bonchev–Trinajstić information content (AvgIpc) is 2.66. The molecule has 1 aliphatic rings. The predicted octanol–water partition coefficient (Wildman–Crippen LogP) is 2.32. The van der Waals surface area contributed by atoms with Crippen LogP contribution < -0.4 is 0 Å². The van der Waals surface area contributed by atoms with Gasteiger partial charge in [0.25, 0.3) is 0 Å². The highest BCUT2D eigenvalue weighted by Crippen LogP contribution is 2.24. The van der Waals surface area contributed by atoms with Crippen LogP contribution in [0.1, 0.15) is 18.4 Å². The number of benzene rings is 1. The van der Waals surface area contributed by atoms with Crippen LogP contribution >= 0.6 is 15.9 Å². The third-order valence-corrected chi connectivity index (χ3v) is 3.49. The summed E-state index contributed by atoms with van der Waals surface area (Å²) in [4.78, 5) is 13.3. The molecule has 0 aliphatic carbocycles. The first kappa shape index (κ1) is 11.5. The van der Waals surface area contributed by atoms with Crippen LogP contribution in [0.2, 0.25) is 0 Å². The molecule has 0 bridgehead atoms. The van der Waals surface area contributed by atoms with Crippen LogP contribution in [0.25, 0.3) is 0 Å². The Bertz CT molecular complexity index is 406. The number of rotatable bonds is 3. The lowest BCUT2D eigenvalue weighted by Crippen LogP contribution is -2.26. The zero-order valence-electron chi connectivity index (χ0n) is 8.95. The Balaban J connectivity index is 1.94. The number of hydrogen-bond acceptors (Lipinski definition) is 2. The van der Waals surface area contributed by atoms with Crippen molar-refractivity contribution in [3.8, 4) is 5.75 Å². The minimum Gasteiger partial charge on any atom is -0.507 e. The third-order valence-electron chi connectivity index (χ3n) is 2.85. The maximum atomic E-state index is 11.4. The quantitative estimate of drug-likeness (QED) is 0.925. The van der Waals surface area contributed by atoms with E-state index in [1.54, 1.807) is 6.07 Å². The van der Waals surface area contributed by atoms with Gasteiger partial charge in [0, 0.05) is 19.5 Å². The van der Waals surface area contributed by atoms with Crippen molar-refractivity contribution in [1.29, 1.82) is 0 Å². The number of aromatic hydroxyl groups is 1. The summed E-state index contributed by atoms with van der Waals surface area (Å²) in [5, 5.41) is 9.35. The molecular formula is C12H14BrNO2. The van der Waals surface area contributed by atoms with Gasteiger partial charge in [-0.2, -0.15) is 0 Å². The van der Waals surface area contributed by atoms with Crippen LogP contribution in [0, 0.1) is 0 Å². The van der Waals surface area contributed by atoms with Crippen molar-refractivity contribution >= 4 is 21.8 Å². The lowest BCUT2D eigenvalue weighted by Gasteiger charge is -2.15. The van der Waals surface area contributed by atoms with Gasteiger partial charge < -0.3 is 10.0 Å². The third kappa shape index (κ3) is 2.55. The number of phenolic OH excluding ortho intramolecular Hbond substituents is 1. The summed E-state index contributed by atoms with van der Waals surface area (Å²) in [6.45, 7) is 1.66. The van der Waals surface area contributed by atoms with Crippen molar-refractivity contribution in [2.45, 2.75) is 19.3 Å². The van der Waals surface area contributed by atoms with E-state index in [0.29, 0.717) is 10.9 Å². The van der Waals surface area contributed by atoms with E-state index >= 15 is 0 Å². The Morgan fingerprint density at radius 2 is 2.25 bits per heavy atom. The first-order valence-corrected chi connectivity index (χ1v) is 6.21. The Morgan fingerprint density at radius 1 is 1.44 bits per heavy atom. The van der Waals surface area contributed by atoms with Crippen LogP contribution in [0.15, 0.2) is 22.7 Å². The van der Waals surface area contributed by atoms with E-state index in [0.717, 1.165) is 31.5 Å². The zero-order valence-corrected chi connectivity index (χ0v) is 10.5. The number of phenols is 1. The Hall–Kier alpha value is -1.03. The van der Waals surface area contributed by atoms with E-state index in [4.69, 9.17) is 0 Å². The molecule has 1 heterocycles. The normalized spacial score (nSPS) is 15.8. The molecule has 3 nitrogen and oxygen atoms in total. The summed E-state index contributed by atoms with van der Waals surface area (Å²) < 4.78 is 0.706. The van der Waals surface area contributed by atoms with Gasteiger partial charge in [0.15, 0.2) is 0 Å². The summed E-state index contributed by atoms with van der Waals surface area (Å²) >= 11 is 3.28. The van der Waals surface area contributed by atoms with Crippen LogP contribution in [-0.4, -0.2) is 29.0 Å². The fraction of sp³-hybridized carbons (Fsp3) is 0.417. The number of nitrogens with zero attached hydrogens (tertiary/aromatic N) is 1. The Kier molecular flexibility index (Phi) is 3.49. The number of carbonyl (C=O) groups is 1. The van der Waals surface area contributed by atoms with E-state index in [-0.39, 0.29) is 11.7 Å². The standard InChI is InChI=1S/C12H14BrNO2/c13-10-8-9(3-4-11(10)15)5-7-14-6-1-2-12(14)16/h3-4,8,15H,1-2,5-7H2. The largest absolute Gasteiger partial charge is 0.507 e. The van der Waals surface area contributed by atoms with Gasteiger partial charge in [-0.05, 0) is 46.5 Å². The maximum absolute atomic E-state index is 11.4. The van der Waals surface area contributed by atoms with Crippen LogP contribution in [0.3, 0.4) is 0 Å². The van der Waals surface area contributed by atoms with Gasteiger partial charge in [-0.15, -0.1) is 0 Å². The second kappa shape index (κ2) is 4.87. The monoisotopic (exact) mass is 283 g/mol. The summed E-state index contributed by atoms with van der Waals surface area (Å²) in [5.74, 6) is 0.513. The van der Waals surface area contributed by atoms with E-state index < -0.39 is 0 Å². The molecule has 0 spiro atoms.